The predicted octanol–water partition coefficient (Wildman–Crippen LogP) is 5.34. The summed E-state index contributed by atoms with van der Waals surface area (Å²) in [7, 11) is -0.628. The van der Waals surface area contributed by atoms with Crippen LogP contribution < -0.4 is 10.8 Å². The number of nitrogens with zero attached hydrogens (tertiary/aromatic N) is 3. The Morgan fingerprint density at radius 2 is 1.69 bits per heavy atom. The number of nitrogens with one attached hydrogen (secondary N) is 1. The predicted molar refractivity (Wildman–Crippen MR) is 130 cm³/mol. The van der Waals surface area contributed by atoms with Gasteiger partial charge in [-0.25, -0.2) is 9.97 Å². The van der Waals surface area contributed by atoms with E-state index < -0.39 is 46.7 Å². The Bertz CT molecular complexity index is 1330. The lowest BCUT2D eigenvalue weighted by Crippen LogP contribution is -2.41. The second-order valence-electron chi connectivity index (χ2n) is 9.92. The average molecular weight is 502 g/mol. The van der Waals surface area contributed by atoms with Crippen molar-refractivity contribution in [2.24, 2.45) is 0 Å². The molecule has 1 aliphatic rings. The van der Waals surface area contributed by atoms with Gasteiger partial charge in [0.2, 0.25) is 0 Å². The molecule has 1 aliphatic heterocycles. The maximum atomic E-state index is 13.4. The number of aromatic nitrogens is 2. The molecule has 1 N–H and O–H groups in total. The Morgan fingerprint density at radius 3 is 2.28 bits per heavy atom. The lowest BCUT2D eigenvalue weighted by atomic mass is 9.78. The van der Waals surface area contributed by atoms with Crippen LogP contribution >= 0.6 is 0 Å². The van der Waals surface area contributed by atoms with Crippen molar-refractivity contribution in [2.45, 2.75) is 65.0 Å². The highest BCUT2D eigenvalue weighted by Crippen LogP contribution is 2.37. The summed E-state index contributed by atoms with van der Waals surface area (Å²) in [5.41, 5.74) is -1.35. The highest BCUT2D eigenvalue weighted by molar-refractivity contribution is 6.62. The summed E-state index contributed by atoms with van der Waals surface area (Å²) in [5.74, 6) is 0.832. The number of hydrogen-bond donors (Lipinski definition) is 1. The van der Waals surface area contributed by atoms with Crippen molar-refractivity contribution in [1.82, 2.24) is 9.97 Å². The second kappa shape index (κ2) is 8.70. The number of nitro benzene ring substituents is 1. The first-order chi connectivity index (χ1) is 16.6. The van der Waals surface area contributed by atoms with Crippen molar-refractivity contribution in [3.63, 3.8) is 0 Å². The Hall–Kier alpha value is -3.25. The van der Waals surface area contributed by atoms with E-state index in [0.29, 0.717) is 28.6 Å². The van der Waals surface area contributed by atoms with Crippen LogP contribution in [0.2, 0.25) is 0 Å². The molecule has 1 aromatic heterocycles. The highest BCUT2D eigenvalue weighted by atomic mass is 19.4. The maximum Gasteiger partial charge on any atom is 0.494 e. The third kappa shape index (κ3) is 4.87. The zero-order valence-electron chi connectivity index (χ0n) is 20.7. The van der Waals surface area contributed by atoms with E-state index in [1.807, 2.05) is 39.8 Å². The van der Waals surface area contributed by atoms with Crippen molar-refractivity contribution in [2.75, 3.05) is 5.32 Å². The molecule has 1 unspecified atom stereocenters. The molecular weight excluding hydrogens is 476 g/mol. The minimum atomic E-state index is -4.73. The van der Waals surface area contributed by atoms with E-state index in [1.165, 1.54) is 0 Å². The summed E-state index contributed by atoms with van der Waals surface area (Å²) in [6.45, 7) is 11.1. The third-order valence-electron chi connectivity index (χ3n) is 6.69. The Kier molecular flexibility index (Phi) is 6.24. The van der Waals surface area contributed by atoms with Crippen molar-refractivity contribution < 1.29 is 27.4 Å². The van der Waals surface area contributed by atoms with E-state index in [0.717, 1.165) is 17.6 Å². The van der Waals surface area contributed by atoms with Crippen molar-refractivity contribution in [3.05, 3.63) is 63.5 Å². The van der Waals surface area contributed by atoms with Crippen LogP contribution in [0.25, 0.3) is 10.9 Å². The number of benzene rings is 2. The Balaban J connectivity index is 1.73. The van der Waals surface area contributed by atoms with Crippen LogP contribution in [0.15, 0.2) is 36.4 Å². The molecule has 3 aromatic rings. The van der Waals surface area contributed by atoms with Gasteiger partial charge in [0.05, 0.1) is 33.2 Å². The first-order valence-corrected chi connectivity index (χ1v) is 11.3. The first kappa shape index (κ1) is 25.8. The smallest absolute Gasteiger partial charge is 0.399 e. The second-order valence-corrected chi connectivity index (χ2v) is 9.92. The van der Waals surface area contributed by atoms with E-state index >= 15 is 0 Å². The normalized spacial score (nSPS) is 17.9. The molecule has 0 spiro atoms. The number of aryl methyl sites for hydroxylation is 1. The summed E-state index contributed by atoms with van der Waals surface area (Å²) in [6, 6.07) is 7.28. The molecule has 1 fully saturated rings. The summed E-state index contributed by atoms with van der Waals surface area (Å²) in [6.07, 6.45) is -4.73. The minimum absolute atomic E-state index is 0.100. The standard InChI is InChI=1S/C24H26BF3N4O4/c1-13(15-9-16(24(26,27)28)11-18(10-15)32(33)34)29-21-19-12-17(7-8-20(19)30-14(2)31-21)25-35-22(3,4)23(5,6)36-25/h7-13H,1-6H3,(H,29,30,31). The van der Waals surface area contributed by atoms with Crippen LogP contribution in [0.3, 0.4) is 0 Å². The summed E-state index contributed by atoms with van der Waals surface area (Å²) in [5, 5.41) is 15.0. The van der Waals surface area contributed by atoms with Gasteiger partial charge >= 0.3 is 13.3 Å². The molecule has 0 radical (unpaired) electrons. The fourth-order valence-corrected chi connectivity index (χ4v) is 3.94. The zero-order valence-corrected chi connectivity index (χ0v) is 20.7. The number of hydrogen-bond acceptors (Lipinski definition) is 7. The number of fused-ring (bicyclic) bond motifs is 1. The summed E-state index contributed by atoms with van der Waals surface area (Å²) in [4.78, 5) is 19.3. The molecule has 2 heterocycles. The van der Waals surface area contributed by atoms with Crippen molar-refractivity contribution >= 4 is 35.0 Å². The highest BCUT2D eigenvalue weighted by Gasteiger charge is 2.51. The average Bonchev–Trinajstić information content (AvgIpc) is 2.99. The largest absolute Gasteiger partial charge is 0.494 e. The molecule has 0 aliphatic carbocycles. The molecule has 12 heteroatoms. The molecule has 2 aromatic carbocycles. The maximum absolute atomic E-state index is 13.4. The number of non-ortho nitro benzene ring substituents is 1. The molecule has 0 bridgehead atoms. The fraction of sp³-hybridized carbons (Fsp3) is 0.417. The van der Waals surface area contributed by atoms with Crippen LogP contribution in [0.5, 0.6) is 0 Å². The van der Waals surface area contributed by atoms with Gasteiger partial charge in [0.15, 0.2) is 0 Å². The van der Waals surface area contributed by atoms with E-state index in [-0.39, 0.29) is 5.56 Å². The van der Waals surface area contributed by atoms with Crippen molar-refractivity contribution in [3.8, 4) is 0 Å². The zero-order chi connectivity index (χ0) is 26.6. The van der Waals surface area contributed by atoms with Gasteiger partial charge in [-0.3, -0.25) is 10.1 Å². The molecule has 1 saturated heterocycles. The minimum Gasteiger partial charge on any atom is -0.399 e. The van der Waals surface area contributed by atoms with Crippen molar-refractivity contribution in [1.29, 1.82) is 0 Å². The molecule has 4 rings (SSSR count). The monoisotopic (exact) mass is 502 g/mol. The Labute approximate surface area is 206 Å². The van der Waals surface area contributed by atoms with Gasteiger partial charge in [-0.1, -0.05) is 6.07 Å². The molecule has 36 heavy (non-hydrogen) atoms. The quantitative estimate of drug-likeness (QED) is 0.286. The van der Waals surface area contributed by atoms with Gasteiger partial charge < -0.3 is 14.6 Å². The summed E-state index contributed by atoms with van der Waals surface area (Å²) < 4.78 is 52.4. The van der Waals surface area contributed by atoms with Crippen LogP contribution in [0.4, 0.5) is 24.7 Å². The van der Waals surface area contributed by atoms with Gasteiger partial charge in [-0.05, 0) is 70.8 Å². The van der Waals surface area contributed by atoms with E-state index in [9.17, 15) is 23.3 Å². The first-order valence-electron chi connectivity index (χ1n) is 11.3. The van der Waals surface area contributed by atoms with Gasteiger partial charge in [-0.15, -0.1) is 0 Å². The van der Waals surface area contributed by atoms with Crippen LogP contribution in [-0.2, 0) is 15.5 Å². The lowest BCUT2D eigenvalue weighted by molar-refractivity contribution is -0.385. The van der Waals surface area contributed by atoms with Crippen LogP contribution in [0, 0.1) is 17.0 Å². The number of alkyl halides is 3. The van der Waals surface area contributed by atoms with E-state index in [2.05, 4.69) is 15.3 Å². The molecule has 0 saturated carbocycles. The number of halogens is 3. The van der Waals surface area contributed by atoms with E-state index in [1.54, 1.807) is 19.9 Å². The van der Waals surface area contributed by atoms with Gasteiger partial charge in [-0.2, -0.15) is 13.2 Å². The van der Waals surface area contributed by atoms with Gasteiger partial charge in [0.1, 0.15) is 11.6 Å². The summed E-state index contributed by atoms with van der Waals surface area (Å²) >= 11 is 0. The van der Waals surface area contributed by atoms with Gasteiger partial charge in [0, 0.05) is 17.5 Å². The molecule has 8 nitrogen and oxygen atoms in total. The fourth-order valence-electron chi connectivity index (χ4n) is 3.94. The van der Waals surface area contributed by atoms with Crippen LogP contribution in [0.1, 0.15) is 57.6 Å². The molecule has 1 atom stereocenters. The lowest BCUT2D eigenvalue weighted by Gasteiger charge is -2.32. The SMILES string of the molecule is Cc1nc(NC(C)c2cc([N+](=O)[O-])cc(C(F)(F)F)c2)c2cc(B3OC(C)(C)C(C)(C)O3)ccc2n1. The molecular formula is C24H26BF3N4O4. The topological polar surface area (TPSA) is 99.4 Å². The molecule has 190 valence electrons. The van der Waals surface area contributed by atoms with Crippen LogP contribution in [-0.4, -0.2) is 33.2 Å². The Morgan fingerprint density at radius 1 is 1.06 bits per heavy atom. The number of rotatable bonds is 5. The van der Waals surface area contributed by atoms with E-state index in [4.69, 9.17) is 9.31 Å². The van der Waals surface area contributed by atoms with Gasteiger partial charge in [0.25, 0.3) is 5.69 Å². The number of nitro groups is 1. The number of anilines is 1. The molecule has 0 amide bonds. The third-order valence-corrected chi connectivity index (χ3v) is 6.69.